The highest BCUT2D eigenvalue weighted by molar-refractivity contribution is 8.13. The van der Waals surface area contributed by atoms with Crippen molar-refractivity contribution in [2.45, 2.75) is 25.3 Å². The fourth-order valence-electron chi connectivity index (χ4n) is 1.92. The second-order valence-electron chi connectivity index (χ2n) is 4.64. The summed E-state index contributed by atoms with van der Waals surface area (Å²) in [5.41, 5.74) is 2.90. The highest BCUT2D eigenvalue weighted by Crippen LogP contribution is 2.25. The van der Waals surface area contributed by atoms with Crippen LogP contribution < -0.4 is 0 Å². The quantitative estimate of drug-likeness (QED) is 0.487. The number of rotatable bonds is 4. The first-order valence-corrected chi connectivity index (χ1v) is 8.22. The van der Waals surface area contributed by atoms with E-state index in [0.29, 0.717) is 0 Å². The van der Waals surface area contributed by atoms with Gasteiger partial charge in [0.05, 0.1) is 17.8 Å². The molecule has 21 heavy (non-hydrogen) atoms. The predicted molar refractivity (Wildman–Crippen MR) is 76.9 cm³/mol. The lowest BCUT2D eigenvalue weighted by Gasteiger charge is -2.04. The number of nitrogens with zero attached hydrogens (tertiary/aromatic N) is 3. The predicted octanol–water partition coefficient (Wildman–Crippen LogP) is 2.38. The highest BCUT2D eigenvalue weighted by atomic mass is 35.7. The van der Waals surface area contributed by atoms with Crippen LogP contribution >= 0.6 is 10.7 Å². The molecule has 0 saturated carbocycles. The van der Waals surface area contributed by atoms with Crippen molar-refractivity contribution in [2.75, 3.05) is 0 Å². The summed E-state index contributed by atoms with van der Waals surface area (Å²) < 4.78 is 23.9. The van der Waals surface area contributed by atoms with E-state index in [2.05, 4.69) is 5.10 Å². The SMILES string of the molecule is Cc1ccc(C)c(Cn2cc(S(=O)(=O)Cl)c([N+](=O)[O-])n2)c1. The number of aromatic nitrogens is 2. The molecule has 2 rings (SSSR count). The zero-order valence-corrected chi connectivity index (χ0v) is 12.8. The molecule has 1 aromatic heterocycles. The number of aryl methyl sites for hydroxylation is 2. The van der Waals surface area contributed by atoms with Crippen LogP contribution in [0, 0.1) is 24.0 Å². The molecular formula is C12H12ClN3O4S. The number of nitro groups is 1. The maximum atomic E-state index is 11.4. The Hall–Kier alpha value is -1.93. The fraction of sp³-hybridized carbons (Fsp3) is 0.250. The smallest absolute Gasteiger partial charge is 0.358 e. The van der Waals surface area contributed by atoms with Crippen LogP contribution in [0.15, 0.2) is 29.3 Å². The van der Waals surface area contributed by atoms with Gasteiger partial charge < -0.3 is 10.1 Å². The summed E-state index contributed by atoms with van der Waals surface area (Å²) in [6.07, 6.45) is 1.07. The van der Waals surface area contributed by atoms with E-state index in [-0.39, 0.29) is 6.54 Å². The lowest BCUT2D eigenvalue weighted by atomic mass is 10.1. The van der Waals surface area contributed by atoms with E-state index in [1.807, 2.05) is 32.0 Å². The van der Waals surface area contributed by atoms with Crippen LogP contribution in [0.2, 0.25) is 0 Å². The van der Waals surface area contributed by atoms with Crippen LogP contribution in [-0.2, 0) is 15.6 Å². The first-order chi connectivity index (χ1) is 9.68. The monoisotopic (exact) mass is 329 g/mol. The van der Waals surface area contributed by atoms with Gasteiger partial charge in [-0.25, -0.2) is 8.42 Å². The zero-order valence-electron chi connectivity index (χ0n) is 11.3. The van der Waals surface area contributed by atoms with E-state index >= 15 is 0 Å². The lowest BCUT2D eigenvalue weighted by molar-refractivity contribution is -0.392. The minimum Gasteiger partial charge on any atom is -0.358 e. The minimum atomic E-state index is -4.22. The minimum absolute atomic E-state index is 0.223. The zero-order chi connectivity index (χ0) is 15.8. The molecule has 1 aromatic carbocycles. The van der Waals surface area contributed by atoms with E-state index in [1.165, 1.54) is 4.68 Å². The van der Waals surface area contributed by atoms with E-state index in [1.54, 1.807) is 0 Å². The summed E-state index contributed by atoms with van der Waals surface area (Å²) in [6.45, 7) is 4.04. The van der Waals surface area contributed by atoms with Crippen molar-refractivity contribution < 1.29 is 13.3 Å². The van der Waals surface area contributed by atoms with Gasteiger partial charge in [-0.1, -0.05) is 23.8 Å². The van der Waals surface area contributed by atoms with Crippen molar-refractivity contribution in [2.24, 2.45) is 0 Å². The van der Waals surface area contributed by atoms with Crippen LogP contribution in [-0.4, -0.2) is 23.1 Å². The first-order valence-electron chi connectivity index (χ1n) is 5.91. The standard InChI is InChI=1S/C12H12ClN3O4S/c1-8-3-4-9(2)10(5-8)6-15-7-11(21(13,19)20)12(14-15)16(17)18/h3-5,7H,6H2,1-2H3. The Balaban J connectivity index is 2.47. The van der Waals surface area contributed by atoms with Crippen LogP contribution in [0.25, 0.3) is 0 Å². The topological polar surface area (TPSA) is 95.1 Å². The van der Waals surface area contributed by atoms with E-state index in [4.69, 9.17) is 10.7 Å². The van der Waals surface area contributed by atoms with E-state index in [0.717, 1.165) is 22.9 Å². The van der Waals surface area contributed by atoms with Gasteiger partial charge in [0.25, 0.3) is 9.05 Å². The van der Waals surface area contributed by atoms with Gasteiger partial charge in [-0.3, -0.25) is 0 Å². The molecule has 112 valence electrons. The van der Waals surface area contributed by atoms with Gasteiger partial charge in [0.15, 0.2) is 0 Å². The molecule has 0 N–H and O–H groups in total. The second kappa shape index (κ2) is 5.45. The Bertz CT molecular complexity index is 814. The molecule has 0 unspecified atom stereocenters. The highest BCUT2D eigenvalue weighted by Gasteiger charge is 2.30. The maximum absolute atomic E-state index is 11.4. The van der Waals surface area contributed by atoms with Crippen LogP contribution in [0.4, 0.5) is 5.82 Å². The van der Waals surface area contributed by atoms with Gasteiger partial charge in [-0.2, -0.15) is 4.68 Å². The lowest BCUT2D eigenvalue weighted by Crippen LogP contribution is -2.03. The number of halogens is 1. The second-order valence-corrected chi connectivity index (χ2v) is 7.17. The van der Waals surface area contributed by atoms with Crippen molar-refractivity contribution in [3.05, 3.63) is 51.2 Å². The third kappa shape index (κ3) is 3.40. The van der Waals surface area contributed by atoms with Crippen molar-refractivity contribution >= 4 is 25.6 Å². The van der Waals surface area contributed by atoms with Gasteiger partial charge in [0.2, 0.25) is 4.90 Å². The molecule has 7 nitrogen and oxygen atoms in total. The molecule has 0 fully saturated rings. The molecule has 0 aliphatic heterocycles. The molecule has 0 aliphatic rings. The number of hydrogen-bond donors (Lipinski definition) is 0. The molecule has 0 radical (unpaired) electrons. The normalized spacial score (nSPS) is 11.6. The Labute approximate surface area is 125 Å². The molecule has 0 spiro atoms. The van der Waals surface area contributed by atoms with Crippen molar-refractivity contribution in [1.29, 1.82) is 0 Å². The molecule has 0 saturated heterocycles. The van der Waals surface area contributed by atoms with Crippen molar-refractivity contribution in [3.63, 3.8) is 0 Å². The number of hydrogen-bond acceptors (Lipinski definition) is 5. The molecular weight excluding hydrogens is 318 g/mol. The largest absolute Gasteiger partial charge is 0.410 e. The van der Waals surface area contributed by atoms with Gasteiger partial charge in [0.1, 0.15) is 0 Å². The van der Waals surface area contributed by atoms with E-state index in [9.17, 15) is 18.5 Å². The summed E-state index contributed by atoms with van der Waals surface area (Å²) in [5.74, 6) is -0.768. The molecule has 1 heterocycles. The Morgan fingerprint density at radius 3 is 2.57 bits per heavy atom. The maximum Gasteiger partial charge on any atom is 0.410 e. The van der Waals surface area contributed by atoms with Crippen LogP contribution in [0.3, 0.4) is 0 Å². The summed E-state index contributed by atoms with van der Waals surface area (Å²) >= 11 is 0. The first kappa shape index (κ1) is 15.5. The summed E-state index contributed by atoms with van der Waals surface area (Å²) in [5, 5.41) is 14.6. The van der Waals surface area contributed by atoms with Crippen LogP contribution in [0.1, 0.15) is 16.7 Å². The molecule has 0 aliphatic carbocycles. The van der Waals surface area contributed by atoms with Gasteiger partial charge in [-0.15, -0.1) is 0 Å². The third-order valence-corrected chi connectivity index (χ3v) is 4.29. The summed E-state index contributed by atoms with van der Waals surface area (Å²) in [6, 6.07) is 5.78. The Kier molecular flexibility index (Phi) is 4.02. The average molecular weight is 330 g/mol. The van der Waals surface area contributed by atoms with Gasteiger partial charge >= 0.3 is 5.82 Å². The Morgan fingerprint density at radius 2 is 2.05 bits per heavy atom. The molecule has 2 aromatic rings. The van der Waals surface area contributed by atoms with Crippen molar-refractivity contribution in [1.82, 2.24) is 9.78 Å². The molecule has 9 heteroatoms. The van der Waals surface area contributed by atoms with Crippen LogP contribution in [0.5, 0.6) is 0 Å². The third-order valence-electron chi connectivity index (χ3n) is 2.98. The van der Waals surface area contributed by atoms with Gasteiger partial charge in [0, 0.05) is 10.7 Å². The van der Waals surface area contributed by atoms with E-state index < -0.39 is 24.7 Å². The summed E-state index contributed by atoms with van der Waals surface area (Å²) in [7, 11) is 0.974. The fourth-order valence-corrected chi connectivity index (χ4v) is 2.83. The molecule has 0 amide bonds. The summed E-state index contributed by atoms with van der Waals surface area (Å²) in [4.78, 5) is 9.40. The average Bonchev–Trinajstić information content (AvgIpc) is 2.78. The molecule has 0 atom stereocenters. The van der Waals surface area contributed by atoms with Gasteiger partial charge in [-0.05, 0) is 29.9 Å². The van der Waals surface area contributed by atoms with Crippen molar-refractivity contribution in [3.8, 4) is 0 Å². The molecule has 0 bridgehead atoms. The Morgan fingerprint density at radius 1 is 1.38 bits per heavy atom. The number of benzene rings is 1.